The van der Waals surface area contributed by atoms with Crippen LogP contribution in [-0.4, -0.2) is 23.4 Å². The first-order valence-corrected chi connectivity index (χ1v) is 7.59. The lowest BCUT2D eigenvalue weighted by molar-refractivity contribution is -0.00917. The molecule has 5 nitrogen and oxygen atoms in total. The number of rotatable bonds is 4. The highest BCUT2D eigenvalue weighted by Crippen LogP contribution is 2.31. The second-order valence-corrected chi connectivity index (χ2v) is 5.82. The van der Waals surface area contributed by atoms with E-state index in [2.05, 4.69) is 31.9 Å². The third kappa shape index (κ3) is 7.06. The molecule has 136 valence electrons. The van der Waals surface area contributed by atoms with Crippen molar-refractivity contribution in [1.29, 1.82) is 0 Å². The van der Waals surface area contributed by atoms with Gasteiger partial charge in [0.2, 0.25) is 0 Å². The Bertz CT molecular complexity index is 708. The van der Waals surface area contributed by atoms with Crippen molar-refractivity contribution in [2.75, 3.05) is 7.05 Å². The lowest BCUT2D eigenvalue weighted by atomic mass is 10.0. The van der Waals surface area contributed by atoms with Crippen molar-refractivity contribution in [3.05, 3.63) is 63.9 Å². The zero-order valence-electron chi connectivity index (χ0n) is 13.1. The molecule has 4 N–H and O–H groups in total. The van der Waals surface area contributed by atoms with Crippen molar-refractivity contribution < 1.29 is 17.6 Å². The second kappa shape index (κ2) is 9.33. The summed E-state index contributed by atoms with van der Waals surface area (Å²) in [4.78, 5) is 3.60. The number of hydrazone groups is 1. The van der Waals surface area contributed by atoms with Crippen LogP contribution in [0.2, 0.25) is 0 Å². The second-order valence-electron chi connectivity index (χ2n) is 4.91. The van der Waals surface area contributed by atoms with E-state index in [1.54, 1.807) is 7.05 Å². The zero-order valence-corrected chi connectivity index (χ0v) is 14.7. The van der Waals surface area contributed by atoms with Gasteiger partial charge in [-0.05, 0) is 39.7 Å². The molecule has 0 aliphatic heterocycles. The number of benzene rings is 1. The van der Waals surface area contributed by atoms with Crippen LogP contribution in [0.4, 0.5) is 17.6 Å². The monoisotopic (exact) mass is 421 g/mol. The number of hydrogen-bond donors (Lipinski definition) is 2. The molecular formula is C15H16BrF4N5. The van der Waals surface area contributed by atoms with Gasteiger partial charge in [0.05, 0.1) is 0 Å². The fourth-order valence-corrected chi connectivity index (χ4v) is 1.93. The average molecular weight is 422 g/mol. The van der Waals surface area contributed by atoms with Crippen molar-refractivity contribution in [3.8, 4) is 0 Å². The van der Waals surface area contributed by atoms with Gasteiger partial charge in [0, 0.05) is 30.2 Å². The molecule has 0 saturated heterocycles. The molecule has 0 aliphatic carbocycles. The molecule has 0 spiro atoms. The molecule has 0 amide bonds. The summed E-state index contributed by atoms with van der Waals surface area (Å²) in [5.41, 5.74) is -0.712. The minimum absolute atomic E-state index is 0.254. The Morgan fingerprint density at radius 1 is 1.28 bits per heavy atom. The van der Waals surface area contributed by atoms with E-state index in [1.807, 2.05) is 0 Å². The van der Waals surface area contributed by atoms with Gasteiger partial charge in [-0.25, -0.2) is 14.6 Å². The maximum absolute atomic E-state index is 13.9. The Balaban J connectivity index is 0.000000450. The van der Waals surface area contributed by atoms with Gasteiger partial charge < -0.3 is 10.9 Å². The molecule has 2 rings (SSSR count). The van der Waals surface area contributed by atoms with Crippen molar-refractivity contribution in [2.45, 2.75) is 12.3 Å². The van der Waals surface area contributed by atoms with Crippen molar-refractivity contribution in [3.63, 3.8) is 0 Å². The first-order chi connectivity index (χ1) is 11.7. The SMILES string of the molecule is CN(N)/C=N\N.Fc1ccc(CC(F)(F)c2ccc(Br)cn2)c(F)c1. The van der Waals surface area contributed by atoms with Crippen LogP contribution < -0.4 is 11.7 Å². The summed E-state index contributed by atoms with van der Waals surface area (Å²) < 4.78 is 54.5. The maximum atomic E-state index is 13.9. The molecule has 0 fully saturated rings. The van der Waals surface area contributed by atoms with Crippen LogP contribution in [0.15, 0.2) is 46.1 Å². The lowest BCUT2D eigenvalue weighted by Gasteiger charge is -2.16. The molecule has 10 heteroatoms. The minimum Gasteiger partial charge on any atom is -0.322 e. The van der Waals surface area contributed by atoms with Gasteiger partial charge in [0.1, 0.15) is 23.7 Å². The standard InChI is InChI=1S/C13H8BrF4N.C2H8N4/c14-9-2-4-12(19-7-9)13(17,18)6-8-1-3-10(15)5-11(8)16;1-6(4)2-5-3/h1-5,7H,6H2;2H,3-4H2,1H3/b;5-2-. The third-order valence-corrected chi connectivity index (χ3v) is 3.25. The van der Waals surface area contributed by atoms with Gasteiger partial charge in [0.25, 0.3) is 5.92 Å². The molecular weight excluding hydrogens is 406 g/mol. The van der Waals surface area contributed by atoms with Crippen LogP contribution >= 0.6 is 15.9 Å². The van der Waals surface area contributed by atoms with E-state index in [0.717, 1.165) is 18.2 Å². The van der Waals surface area contributed by atoms with Crippen molar-refractivity contribution >= 4 is 22.3 Å². The van der Waals surface area contributed by atoms with Crippen LogP contribution in [0.1, 0.15) is 11.3 Å². The lowest BCUT2D eigenvalue weighted by Crippen LogP contribution is -2.24. The van der Waals surface area contributed by atoms with Crippen molar-refractivity contribution in [1.82, 2.24) is 9.99 Å². The van der Waals surface area contributed by atoms with E-state index < -0.39 is 29.7 Å². The summed E-state index contributed by atoms with van der Waals surface area (Å²) >= 11 is 3.09. The highest BCUT2D eigenvalue weighted by Gasteiger charge is 2.34. The molecule has 2 aromatic rings. The Kier molecular flexibility index (Phi) is 7.78. The largest absolute Gasteiger partial charge is 0.322 e. The summed E-state index contributed by atoms with van der Waals surface area (Å²) in [5.74, 6) is 4.58. The van der Waals surface area contributed by atoms with E-state index in [1.165, 1.54) is 23.6 Å². The van der Waals surface area contributed by atoms with Gasteiger partial charge in [-0.1, -0.05) is 6.07 Å². The highest BCUT2D eigenvalue weighted by atomic mass is 79.9. The number of nitrogens with two attached hydrogens (primary N) is 2. The summed E-state index contributed by atoms with van der Waals surface area (Å²) in [6.45, 7) is 0. The molecule has 0 aliphatic rings. The van der Waals surface area contributed by atoms with E-state index >= 15 is 0 Å². The van der Waals surface area contributed by atoms with Crippen LogP contribution in [-0.2, 0) is 12.3 Å². The summed E-state index contributed by atoms with van der Waals surface area (Å²) in [6, 6.07) is 5.13. The molecule has 0 radical (unpaired) electrons. The Morgan fingerprint density at radius 2 is 1.96 bits per heavy atom. The zero-order chi connectivity index (χ0) is 19.0. The van der Waals surface area contributed by atoms with Gasteiger partial charge in [0.15, 0.2) is 0 Å². The number of aromatic nitrogens is 1. The molecule has 0 unspecified atom stereocenters. The minimum atomic E-state index is -3.32. The average Bonchev–Trinajstić information content (AvgIpc) is 2.51. The van der Waals surface area contributed by atoms with E-state index in [0.29, 0.717) is 10.5 Å². The van der Waals surface area contributed by atoms with E-state index in [4.69, 9.17) is 5.84 Å². The Morgan fingerprint density at radius 3 is 2.40 bits per heavy atom. The molecule has 0 saturated carbocycles. The number of pyridine rings is 1. The Labute approximate surface area is 150 Å². The highest BCUT2D eigenvalue weighted by molar-refractivity contribution is 9.10. The molecule has 1 aromatic carbocycles. The van der Waals surface area contributed by atoms with Crippen LogP contribution in [0.25, 0.3) is 0 Å². The number of nitrogens with zero attached hydrogens (tertiary/aromatic N) is 3. The molecule has 0 bridgehead atoms. The summed E-state index contributed by atoms with van der Waals surface area (Å²) in [7, 11) is 1.64. The number of hydrazine groups is 1. The van der Waals surface area contributed by atoms with Gasteiger partial charge >= 0.3 is 0 Å². The fourth-order valence-electron chi connectivity index (χ4n) is 1.69. The number of halogens is 5. The molecule has 1 heterocycles. The first kappa shape index (κ1) is 20.8. The predicted molar refractivity (Wildman–Crippen MR) is 90.5 cm³/mol. The number of alkyl halides is 2. The maximum Gasteiger partial charge on any atom is 0.293 e. The predicted octanol–water partition coefficient (Wildman–Crippen LogP) is 3.15. The molecule has 1 aromatic heterocycles. The van der Waals surface area contributed by atoms with E-state index in [9.17, 15) is 17.6 Å². The van der Waals surface area contributed by atoms with Gasteiger partial charge in [-0.2, -0.15) is 13.9 Å². The van der Waals surface area contributed by atoms with Crippen LogP contribution in [0.5, 0.6) is 0 Å². The van der Waals surface area contributed by atoms with Gasteiger partial charge in [-0.15, -0.1) is 0 Å². The topological polar surface area (TPSA) is 80.5 Å². The van der Waals surface area contributed by atoms with E-state index in [-0.39, 0.29) is 5.56 Å². The van der Waals surface area contributed by atoms with Crippen molar-refractivity contribution in [2.24, 2.45) is 16.8 Å². The first-order valence-electron chi connectivity index (χ1n) is 6.80. The summed E-state index contributed by atoms with van der Waals surface area (Å²) in [6.07, 6.45) is 1.68. The quantitative estimate of drug-likeness (QED) is 0.261. The third-order valence-electron chi connectivity index (χ3n) is 2.78. The molecule has 25 heavy (non-hydrogen) atoms. The Hall–Kier alpha value is -2.20. The van der Waals surface area contributed by atoms with Crippen LogP contribution in [0.3, 0.4) is 0 Å². The van der Waals surface area contributed by atoms with Gasteiger partial charge in [-0.3, -0.25) is 4.98 Å². The smallest absolute Gasteiger partial charge is 0.293 e. The molecule has 0 atom stereocenters. The number of hydrogen-bond acceptors (Lipinski definition) is 4. The normalized spacial score (nSPS) is 11.2. The van der Waals surface area contributed by atoms with Crippen LogP contribution in [0, 0.1) is 11.6 Å². The fraction of sp³-hybridized carbons (Fsp3) is 0.200. The summed E-state index contributed by atoms with van der Waals surface area (Å²) in [5, 5.41) is 4.38.